The predicted molar refractivity (Wildman–Crippen MR) is 75.4 cm³/mol. The lowest BCUT2D eigenvalue weighted by atomic mass is 9.97. The Morgan fingerprint density at radius 1 is 1.05 bits per heavy atom. The fraction of sp³-hybridized carbons (Fsp3) is 0.214. The minimum Gasteiger partial charge on any atom is -0.312 e. The number of benzene rings is 1. The molecule has 0 saturated heterocycles. The molecule has 0 unspecified atom stereocenters. The second-order valence-corrected chi connectivity index (χ2v) is 4.98. The van der Waals surface area contributed by atoms with Gasteiger partial charge in [-0.1, -0.05) is 12.1 Å². The van der Waals surface area contributed by atoms with E-state index in [0.29, 0.717) is 11.0 Å². The largest absolute Gasteiger partial charge is 0.312 e. The molecule has 0 fully saturated rings. The summed E-state index contributed by atoms with van der Waals surface area (Å²) in [6, 6.07) is 7.83. The van der Waals surface area contributed by atoms with Crippen LogP contribution in [-0.2, 0) is 13.0 Å². The van der Waals surface area contributed by atoms with Gasteiger partial charge >= 0.3 is 0 Å². The van der Waals surface area contributed by atoms with Crippen LogP contribution in [0.1, 0.15) is 11.1 Å². The van der Waals surface area contributed by atoms with E-state index in [-0.39, 0.29) is 5.56 Å². The van der Waals surface area contributed by atoms with Gasteiger partial charge in [0.2, 0.25) is 0 Å². The Morgan fingerprint density at radius 2 is 2.00 bits per heavy atom. The molecule has 0 saturated carbocycles. The molecule has 20 heavy (non-hydrogen) atoms. The van der Waals surface area contributed by atoms with Crippen LogP contribution in [0.15, 0.2) is 29.1 Å². The van der Waals surface area contributed by atoms with Crippen molar-refractivity contribution in [2.45, 2.75) is 13.0 Å². The van der Waals surface area contributed by atoms with E-state index in [1.807, 2.05) is 0 Å². The van der Waals surface area contributed by atoms with E-state index in [1.54, 1.807) is 0 Å². The summed E-state index contributed by atoms with van der Waals surface area (Å²) in [6.45, 7) is 1.91. The zero-order valence-corrected chi connectivity index (χ0v) is 10.7. The molecular weight excluding hydrogens is 254 g/mol. The minimum atomic E-state index is -0.234. The van der Waals surface area contributed by atoms with E-state index < -0.39 is 0 Å². The molecule has 1 aliphatic heterocycles. The van der Waals surface area contributed by atoms with Crippen LogP contribution >= 0.6 is 0 Å². The average Bonchev–Trinajstić information content (AvgIpc) is 2.89. The number of nitrogens with zero attached hydrogens (tertiary/aromatic N) is 2. The second kappa shape index (κ2) is 4.28. The van der Waals surface area contributed by atoms with Crippen molar-refractivity contribution < 1.29 is 0 Å². The number of H-pyrrole nitrogens is 2. The Balaban J connectivity index is 1.88. The molecule has 0 amide bonds. The van der Waals surface area contributed by atoms with Crippen LogP contribution in [0.2, 0.25) is 0 Å². The summed E-state index contributed by atoms with van der Waals surface area (Å²) in [5.41, 5.74) is 5.57. The SMILES string of the molecule is O=c1cc2[nH]nc(-c3ccc4c(c3)CNCC4)c2n[nH]1. The number of hydrogen-bond donors (Lipinski definition) is 3. The molecule has 0 atom stereocenters. The normalized spacial score (nSPS) is 14.4. The van der Waals surface area contributed by atoms with Crippen molar-refractivity contribution >= 4 is 11.0 Å². The molecule has 3 N–H and O–H groups in total. The summed E-state index contributed by atoms with van der Waals surface area (Å²) in [6.07, 6.45) is 1.06. The lowest BCUT2D eigenvalue weighted by Crippen LogP contribution is -2.23. The summed E-state index contributed by atoms with van der Waals surface area (Å²) in [7, 11) is 0. The maximum absolute atomic E-state index is 11.2. The van der Waals surface area contributed by atoms with Gasteiger partial charge < -0.3 is 5.32 Å². The van der Waals surface area contributed by atoms with Gasteiger partial charge in [-0.3, -0.25) is 9.89 Å². The van der Waals surface area contributed by atoms with Crippen molar-refractivity contribution in [3.8, 4) is 11.3 Å². The molecule has 100 valence electrons. The van der Waals surface area contributed by atoms with Crippen molar-refractivity contribution in [3.63, 3.8) is 0 Å². The van der Waals surface area contributed by atoms with Crippen LogP contribution in [0.4, 0.5) is 0 Å². The summed E-state index contributed by atoms with van der Waals surface area (Å²) in [5, 5.41) is 17.1. The van der Waals surface area contributed by atoms with Crippen LogP contribution in [0.3, 0.4) is 0 Å². The van der Waals surface area contributed by atoms with E-state index in [4.69, 9.17) is 0 Å². The highest BCUT2D eigenvalue weighted by Crippen LogP contribution is 2.26. The lowest BCUT2D eigenvalue weighted by molar-refractivity contribution is 0.644. The zero-order valence-electron chi connectivity index (χ0n) is 10.7. The molecule has 0 aliphatic carbocycles. The third-order valence-electron chi connectivity index (χ3n) is 3.69. The number of nitrogens with one attached hydrogen (secondary N) is 3. The zero-order chi connectivity index (χ0) is 13.5. The number of hydrogen-bond acceptors (Lipinski definition) is 4. The van der Waals surface area contributed by atoms with Gasteiger partial charge in [0.25, 0.3) is 5.56 Å². The van der Waals surface area contributed by atoms with Gasteiger partial charge in [0, 0.05) is 18.2 Å². The van der Waals surface area contributed by atoms with Gasteiger partial charge in [0.15, 0.2) is 0 Å². The average molecular weight is 267 g/mol. The first-order valence-electron chi connectivity index (χ1n) is 6.58. The number of fused-ring (bicyclic) bond motifs is 2. The van der Waals surface area contributed by atoms with Crippen molar-refractivity contribution in [1.82, 2.24) is 25.7 Å². The fourth-order valence-electron chi connectivity index (χ4n) is 2.67. The number of aromatic nitrogens is 4. The highest BCUT2D eigenvalue weighted by molar-refractivity contribution is 5.89. The highest BCUT2D eigenvalue weighted by Gasteiger charge is 2.14. The first-order chi connectivity index (χ1) is 9.81. The maximum Gasteiger partial charge on any atom is 0.266 e. The van der Waals surface area contributed by atoms with Gasteiger partial charge in [-0.2, -0.15) is 10.2 Å². The highest BCUT2D eigenvalue weighted by atomic mass is 16.1. The Kier molecular flexibility index (Phi) is 2.43. The van der Waals surface area contributed by atoms with Crippen LogP contribution in [-0.4, -0.2) is 26.9 Å². The third-order valence-corrected chi connectivity index (χ3v) is 3.69. The molecule has 6 nitrogen and oxygen atoms in total. The van der Waals surface area contributed by atoms with Crippen molar-refractivity contribution in [2.24, 2.45) is 0 Å². The van der Waals surface area contributed by atoms with Crippen molar-refractivity contribution in [3.05, 3.63) is 45.7 Å². The molecule has 6 heteroatoms. The molecule has 1 aromatic carbocycles. The molecule has 0 spiro atoms. The van der Waals surface area contributed by atoms with Gasteiger partial charge in [-0.05, 0) is 30.2 Å². The first-order valence-corrected chi connectivity index (χ1v) is 6.58. The van der Waals surface area contributed by atoms with Crippen LogP contribution in [0, 0.1) is 0 Å². The van der Waals surface area contributed by atoms with Crippen molar-refractivity contribution in [1.29, 1.82) is 0 Å². The van der Waals surface area contributed by atoms with Crippen LogP contribution in [0.5, 0.6) is 0 Å². The minimum absolute atomic E-state index is 0.234. The fourth-order valence-corrected chi connectivity index (χ4v) is 2.67. The lowest BCUT2D eigenvalue weighted by Gasteiger charge is -2.17. The summed E-state index contributed by atoms with van der Waals surface area (Å²) in [5.74, 6) is 0. The standard InChI is InChI=1S/C14H13N5O/c20-12-6-11-14(19-17-12)13(18-16-11)9-2-1-8-3-4-15-7-10(8)5-9/h1-2,5-6,15H,3-4,7H2,(H,16,18)(H,17,20). The molecule has 3 aromatic rings. The first kappa shape index (κ1) is 11.4. The van der Waals surface area contributed by atoms with E-state index >= 15 is 0 Å². The monoisotopic (exact) mass is 267 g/mol. The Morgan fingerprint density at radius 3 is 2.95 bits per heavy atom. The van der Waals surface area contributed by atoms with Gasteiger partial charge in [-0.15, -0.1) is 0 Å². The molecule has 1 aliphatic rings. The molecular formula is C14H13N5O. The molecule has 0 bridgehead atoms. The van der Waals surface area contributed by atoms with E-state index in [9.17, 15) is 4.79 Å². The van der Waals surface area contributed by atoms with Gasteiger partial charge in [-0.25, -0.2) is 5.10 Å². The predicted octanol–water partition coefficient (Wildman–Crippen LogP) is 0.959. The Labute approximate surface area is 114 Å². The summed E-state index contributed by atoms with van der Waals surface area (Å²) >= 11 is 0. The topological polar surface area (TPSA) is 86.5 Å². The summed E-state index contributed by atoms with van der Waals surface area (Å²) in [4.78, 5) is 11.2. The van der Waals surface area contributed by atoms with Crippen LogP contribution in [0.25, 0.3) is 22.3 Å². The Bertz CT molecular complexity index is 848. The molecule has 3 heterocycles. The number of rotatable bonds is 1. The molecule has 0 radical (unpaired) electrons. The molecule has 4 rings (SSSR count). The van der Waals surface area contributed by atoms with E-state index in [0.717, 1.165) is 30.8 Å². The summed E-state index contributed by atoms with van der Waals surface area (Å²) < 4.78 is 0. The third kappa shape index (κ3) is 1.73. The second-order valence-electron chi connectivity index (χ2n) is 4.98. The Hall–Kier alpha value is -2.47. The quantitative estimate of drug-likeness (QED) is 0.613. The van der Waals surface area contributed by atoms with Crippen molar-refractivity contribution in [2.75, 3.05) is 6.54 Å². The van der Waals surface area contributed by atoms with Gasteiger partial charge in [0.05, 0.1) is 5.52 Å². The van der Waals surface area contributed by atoms with Crippen LogP contribution < -0.4 is 10.9 Å². The maximum atomic E-state index is 11.2. The van der Waals surface area contributed by atoms with E-state index in [1.165, 1.54) is 17.2 Å². The van der Waals surface area contributed by atoms with E-state index in [2.05, 4.69) is 43.9 Å². The number of aromatic amines is 2. The molecule has 2 aromatic heterocycles. The smallest absolute Gasteiger partial charge is 0.266 e. The van der Waals surface area contributed by atoms with Gasteiger partial charge in [0.1, 0.15) is 11.2 Å².